The minimum atomic E-state index is -0.380. The maximum Gasteiger partial charge on any atom is 0.269 e. The molecule has 0 saturated carbocycles. The maximum absolute atomic E-state index is 10.8. The molecule has 1 aliphatic heterocycles. The van der Waals surface area contributed by atoms with Gasteiger partial charge in [-0.25, -0.2) is 0 Å². The van der Waals surface area contributed by atoms with E-state index in [4.69, 9.17) is 0 Å². The molecule has 178 valence electrons. The molecule has 3 aliphatic rings. The zero-order valence-corrected chi connectivity index (χ0v) is 22.8. The molecule has 2 bridgehead atoms. The highest BCUT2D eigenvalue weighted by atomic mass is 32.3. The van der Waals surface area contributed by atoms with E-state index in [9.17, 15) is 10.1 Å². The van der Waals surface area contributed by atoms with Gasteiger partial charge in [-0.05, 0) is 74.5 Å². The molecule has 2 aliphatic carbocycles. The van der Waals surface area contributed by atoms with Gasteiger partial charge in [-0.2, -0.15) is 0 Å². The molecule has 0 radical (unpaired) electrons. The number of non-ortho nitro benzene ring substituents is 1. The van der Waals surface area contributed by atoms with Crippen LogP contribution in [0.5, 0.6) is 0 Å². The lowest BCUT2D eigenvalue weighted by Crippen LogP contribution is -2.27. The number of fused-ring (bicyclic) bond motifs is 4. The van der Waals surface area contributed by atoms with E-state index in [0.29, 0.717) is 0 Å². The number of hydrogen-bond donors (Lipinski definition) is 0. The van der Waals surface area contributed by atoms with Gasteiger partial charge in [0.25, 0.3) is 5.69 Å². The van der Waals surface area contributed by atoms with Crippen molar-refractivity contribution in [1.82, 2.24) is 0 Å². The van der Waals surface area contributed by atoms with Gasteiger partial charge < -0.3 is 0 Å². The Morgan fingerprint density at radius 1 is 0.778 bits per heavy atom. The van der Waals surface area contributed by atoms with E-state index in [1.807, 2.05) is 65.3 Å². The zero-order valence-electron chi connectivity index (χ0n) is 19.6. The summed E-state index contributed by atoms with van der Waals surface area (Å²) < 4.78 is 2.74. The molecule has 3 nitrogen and oxygen atoms in total. The molecule has 0 fully saturated rings. The normalized spacial score (nSPS) is 17.2. The molecule has 1 spiro atoms. The minimum Gasteiger partial charge on any atom is -0.258 e. The smallest absolute Gasteiger partial charge is 0.258 e. The molecule has 0 amide bonds. The number of nitro benzene ring substituents is 1. The van der Waals surface area contributed by atoms with Crippen LogP contribution in [0.25, 0.3) is 23.3 Å². The highest BCUT2D eigenvalue weighted by Gasteiger charge is 2.55. The molecule has 1 heterocycles. The summed E-state index contributed by atoms with van der Waals surface area (Å²) in [5.41, 5.74) is 7.81. The number of benzene rings is 3. The quantitative estimate of drug-likeness (QED) is 0.188. The van der Waals surface area contributed by atoms with Crippen molar-refractivity contribution in [2.24, 2.45) is 0 Å². The van der Waals surface area contributed by atoms with E-state index >= 15 is 0 Å². The first-order chi connectivity index (χ1) is 17.6. The van der Waals surface area contributed by atoms with Gasteiger partial charge in [-0.15, -0.1) is 23.5 Å². The fourth-order valence-electron chi connectivity index (χ4n) is 4.99. The lowest BCUT2D eigenvalue weighted by Gasteiger charge is -2.23. The lowest BCUT2D eigenvalue weighted by atomic mass is 9.98. The first kappa shape index (κ1) is 23.8. The Balaban J connectivity index is 1.36. The molecule has 0 saturated heterocycles. The molecule has 0 unspecified atom stereocenters. The van der Waals surface area contributed by atoms with Crippen molar-refractivity contribution in [3.05, 3.63) is 130 Å². The third kappa shape index (κ3) is 3.72. The van der Waals surface area contributed by atoms with Gasteiger partial charge in [0.15, 0.2) is 0 Å². The highest BCUT2D eigenvalue weighted by molar-refractivity contribution is 8.38. The van der Waals surface area contributed by atoms with Gasteiger partial charge in [0.05, 0.1) is 13.4 Å². The summed E-state index contributed by atoms with van der Waals surface area (Å²) in [6.07, 6.45) is 12.4. The van der Waals surface area contributed by atoms with Crippen LogP contribution in [0.2, 0.25) is 0 Å². The van der Waals surface area contributed by atoms with Crippen LogP contribution in [0.4, 0.5) is 5.69 Å². The maximum atomic E-state index is 10.8. The largest absolute Gasteiger partial charge is 0.269 e. The lowest BCUT2D eigenvalue weighted by molar-refractivity contribution is -0.384. The minimum absolute atomic E-state index is 0.0964. The van der Waals surface area contributed by atoms with Gasteiger partial charge in [-0.3, -0.25) is 10.1 Å². The Kier molecular flexibility index (Phi) is 6.20. The standard InChI is InChI=1S/C29H21NO2S4/c1-33-27-28(34-2)36-29(35-27)25-21-9-5-6-10-22(21)26(29)24-17-19(13-16-23(24)25)8-4-3-7-18-11-14-20(15-12-18)30(31)32/h3-17H,1-2H3/b7-3+,8-4+. The van der Waals surface area contributed by atoms with Crippen molar-refractivity contribution in [3.63, 3.8) is 0 Å². The molecule has 3 aromatic rings. The van der Waals surface area contributed by atoms with Crippen LogP contribution in [0, 0.1) is 10.1 Å². The van der Waals surface area contributed by atoms with E-state index < -0.39 is 0 Å². The van der Waals surface area contributed by atoms with Crippen molar-refractivity contribution in [2.45, 2.75) is 4.08 Å². The second-order valence-electron chi connectivity index (χ2n) is 8.47. The van der Waals surface area contributed by atoms with Crippen molar-refractivity contribution in [3.8, 4) is 0 Å². The molecule has 3 aromatic carbocycles. The Labute approximate surface area is 226 Å². The fourth-order valence-corrected chi connectivity index (χ4v) is 11.2. The van der Waals surface area contributed by atoms with Gasteiger partial charge >= 0.3 is 0 Å². The number of nitrogens with zero attached hydrogens (tertiary/aromatic N) is 1. The molecule has 36 heavy (non-hydrogen) atoms. The summed E-state index contributed by atoms with van der Waals surface area (Å²) in [7, 11) is 0. The Hall–Kier alpha value is -2.58. The van der Waals surface area contributed by atoms with Gasteiger partial charge in [0, 0.05) is 12.1 Å². The summed E-state index contributed by atoms with van der Waals surface area (Å²) in [6.45, 7) is 0. The van der Waals surface area contributed by atoms with Crippen LogP contribution in [0.15, 0.2) is 87.4 Å². The molecule has 6 rings (SSSR count). The van der Waals surface area contributed by atoms with Crippen molar-refractivity contribution in [2.75, 3.05) is 12.5 Å². The number of allylic oxidation sites excluding steroid dienone is 2. The molecule has 0 aromatic heterocycles. The molecule has 7 heteroatoms. The van der Waals surface area contributed by atoms with E-state index in [1.165, 1.54) is 53.3 Å². The van der Waals surface area contributed by atoms with Crippen molar-refractivity contribution >= 4 is 76.0 Å². The summed E-state index contributed by atoms with van der Waals surface area (Å²) in [5, 5.41) is 13.5. The SMILES string of the molecule is CSC1=C(SC)SC2(S1)C1=c3ccc(/C=C/C=C/c4ccc([N+](=O)[O-])cc4)cc3=C2c2ccccc21. The van der Waals surface area contributed by atoms with Crippen molar-refractivity contribution in [1.29, 1.82) is 0 Å². The number of hydrogen-bond acceptors (Lipinski definition) is 6. The summed E-state index contributed by atoms with van der Waals surface area (Å²) >= 11 is 7.73. The first-order valence-corrected chi connectivity index (χ1v) is 15.4. The van der Waals surface area contributed by atoms with E-state index in [1.54, 1.807) is 12.1 Å². The highest BCUT2D eigenvalue weighted by Crippen LogP contribution is 2.71. The van der Waals surface area contributed by atoms with E-state index in [0.717, 1.165) is 11.1 Å². The van der Waals surface area contributed by atoms with Crippen LogP contribution < -0.4 is 10.4 Å². The first-order valence-electron chi connectivity index (χ1n) is 11.3. The predicted molar refractivity (Wildman–Crippen MR) is 160 cm³/mol. The number of nitro groups is 1. The van der Waals surface area contributed by atoms with Gasteiger partial charge in [0.1, 0.15) is 4.08 Å². The fraction of sp³-hybridized carbons (Fsp3) is 0.103. The van der Waals surface area contributed by atoms with Crippen LogP contribution in [-0.2, 0) is 0 Å². The van der Waals surface area contributed by atoms with Crippen LogP contribution in [-0.4, -0.2) is 21.5 Å². The van der Waals surface area contributed by atoms with Gasteiger partial charge in [0.2, 0.25) is 0 Å². The topological polar surface area (TPSA) is 43.1 Å². The van der Waals surface area contributed by atoms with Crippen molar-refractivity contribution < 1.29 is 4.92 Å². The average Bonchev–Trinajstić information content (AvgIpc) is 3.51. The summed E-state index contributed by atoms with van der Waals surface area (Å²) in [6, 6.07) is 22.2. The summed E-state index contributed by atoms with van der Waals surface area (Å²) in [4.78, 5) is 10.5. The third-order valence-electron chi connectivity index (χ3n) is 6.51. The molecular weight excluding hydrogens is 523 g/mol. The molecule has 0 N–H and O–H groups in total. The summed E-state index contributed by atoms with van der Waals surface area (Å²) in [5.74, 6) is 0. The Bertz CT molecular complexity index is 1620. The second kappa shape index (κ2) is 9.38. The number of thioether (sulfide) groups is 4. The number of rotatable bonds is 6. The zero-order chi connectivity index (χ0) is 24.9. The predicted octanol–water partition coefficient (Wildman–Crippen LogP) is 7.08. The Morgan fingerprint density at radius 3 is 1.92 bits per heavy atom. The van der Waals surface area contributed by atoms with E-state index in [2.05, 4.69) is 61.1 Å². The second-order valence-corrected chi connectivity index (χ2v) is 13.3. The average molecular weight is 544 g/mol. The Morgan fingerprint density at radius 2 is 1.33 bits per heavy atom. The van der Waals surface area contributed by atoms with Crippen LogP contribution in [0.1, 0.15) is 22.3 Å². The molecular formula is C29H21NO2S4. The van der Waals surface area contributed by atoms with Crippen LogP contribution >= 0.6 is 47.0 Å². The van der Waals surface area contributed by atoms with Crippen LogP contribution in [0.3, 0.4) is 0 Å². The third-order valence-corrected chi connectivity index (χ3v) is 12.3. The molecule has 0 atom stereocenters. The monoisotopic (exact) mass is 543 g/mol. The van der Waals surface area contributed by atoms with E-state index in [-0.39, 0.29) is 14.7 Å². The van der Waals surface area contributed by atoms with Gasteiger partial charge in [-0.1, -0.05) is 84.2 Å².